The minimum atomic E-state index is -1.97. The van der Waals surface area contributed by atoms with Gasteiger partial charge in [-0.25, -0.2) is 0 Å². The van der Waals surface area contributed by atoms with Gasteiger partial charge >= 0.3 is 0 Å². The topological polar surface area (TPSA) is 142 Å². The van der Waals surface area contributed by atoms with E-state index in [2.05, 4.69) is 10.9 Å². The molecule has 112 valence electrons. The summed E-state index contributed by atoms with van der Waals surface area (Å²) >= 11 is 0. The normalized spacial score (nSPS) is 16.9. The fourth-order valence-corrected chi connectivity index (χ4v) is 1.41. The summed E-state index contributed by atoms with van der Waals surface area (Å²) in [5, 5.41) is 46.1. The smallest absolute Gasteiger partial charge is 0.269 e. The number of hydrogen-bond acceptors (Lipinski definition) is 7. The Hall–Kier alpha value is -1.71. The summed E-state index contributed by atoms with van der Waals surface area (Å²) in [4.78, 5) is 11.5. The van der Waals surface area contributed by atoms with Crippen LogP contribution >= 0.6 is 0 Å². The van der Waals surface area contributed by atoms with E-state index < -0.39 is 36.9 Å². The maximum Gasteiger partial charge on any atom is 0.269 e. The largest absolute Gasteiger partial charge is 0.394 e. The number of rotatable bonds is 7. The van der Waals surface area contributed by atoms with Crippen LogP contribution in [0.4, 0.5) is 5.69 Å². The molecule has 0 unspecified atom stereocenters. The molecule has 1 aromatic rings. The number of carbonyl (C=O) groups is 1. The van der Waals surface area contributed by atoms with Crippen LogP contribution in [0.2, 0.25) is 0 Å². The molecule has 20 heavy (non-hydrogen) atoms. The van der Waals surface area contributed by atoms with E-state index in [0.29, 0.717) is 5.69 Å². The Morgan fingerprint density at radius 3 is 2.20 bits per heavy atom. The Balaban J connectivity index is 2.50. The monoisotopic (exact) mass is 286 g/mol. The van der Waals surface area contributed by atoms with Crippen LogP contribution in [0.25, 0.3) is 0 Å². The zero-order chi connectivity index (χ0) is 15.1. The van der Waals surface area contributed by atoms with Gasteiger partial charge in [0.25, 0.3) is 5.91 Å². The molecule has 0 saturated heterocycles. The maximum atomic E-state index is 11.5. The zero-order valence-electron chi connectivity index (χ0n) is 10.5. The zero-order valence-corrected chi connectivity index (χ0v) is 10.5. The summed E-state index contributed by atoms with van der Waals surface area (Å²) < 4.78 is 0. The molecule has 0 saturated carbocycles. The van der Waals surface area contributed by atoms with Crippen molar-refractivity contribution in [3.63, 3.8) is 0 Å². The van der Waals surface area contributed by atoms with E-state index in [1.54, 1.807) is 30.3 Å². The quantitative estimate of drug-likeness (QED) is 0.276. The minimum Gasteiger partial charge on any atom is -0.394 e. The van der Waals surface area contributed by atoms with Crippen molar-refractivity contribution < 1.29 is 30.3 Å². The van der Waals surface area contributed by atoms with E-state index >= 15 is 0 Å². The summed E-state index contributed by atoms with van der Waals surface area (Å²) in [5.41, 5.74) is 5.19. The lowest BCUT2D eigenvalue weighted by molar-refractivity contribution is -0.148. The first kappa shape index (κ1) is 16.3. The van der Waals surface area contributed by atoms with Crippen molar-refractivity contribution in [2.24, 2.45) is 0 Å². The Labute approximate surface area is 115 Å². The van der Waals surface area contributed by atoms with Gasteiger partial charge in [-0.3, -0.25) is 15.6 Å². The molecule has 0 heterocycles. The molecule has 0 radical (unpaired) electrons. The second-order valence-corrected chi connectivity index (χ2v) is 4.16. The van der Waals surface area contributed by atoms with Crippen molar-refractivity contribution >= 4 is 11.6 Å². The Kier molecular flexibility index (Phi) is 6.36. The van der Waals surface area contributed by atoms with E-state index in [-0.39, 0.29) is 0 Å². The second-order valence-electron chi connectivity index (χ2n) is 4.16. The molecule has 1 aromatic carbocycles. The fourth-order valence-electron chi connectivity index (χ4n) is 1.41. The summed E-state index contributed by atoms with van der Waals surface area (Å²) in [6.45, 7) is -0.811. The van der Waals surface area contributed by atoms with Gasteiger partial charge < -0.3 is 25.5 Å². The number of amides is 1. The SMILES string of the molecule is O=C(NNc1ccccc1)[C@H](O)[C@H](O)[C@H](O)[C@@H](O)CO. The van der Waals surface area contributed by atoms with E-state index in [1.807, 2.05) is 0 Å². The van der Waals surface area contributed by atoms with Gasteiger partial charge in [-0.15, -0.1) is 0 Å². The van der Waals surface area contributed by atoms with Crippen LogP contribution < -0.4 is 10.9 Å². The van der Waals surface area contributed by atoms with Crippen molar-refractivity contribution in [1.29, 1.82) is 0 Å². The standard InChI is InChI=1S/C12H18N2O6/c15-6-8(16)9(17)10(18)11(19)12(20)14-13-7-4-2-1-3-5-7/h1-5,8-11,13,15-19H,6H2,(H,14,20)/t8-,9+,10+,11+/m0/s1. The number of nitrogens with one attached hydrogen (secondary N) is 2. The molecular formula is C12H18N2O6. The number of anilines is 1. The Bertz CT molecular complexity index is 416. The third kappa shape index (κ3) is 4.44. The first-order valence-corrected chi connectivity index (χ1v) is 5.91. The average molecular weight is 286 g/mol. The first-order chi connectivity index (χ1) is 9.47. The van der Waals surface area contributed by atoms with Gasteiger partial charge in [-0.2, -0.15) is 0 Å². The Morgan fingerprint density at radius 1 is 1.05 bits per heavy atom. The molecule has 0 aromatic heterocycles. The molecular weight excluding hydrogens is 268 g/mol. The molecule has 1 rings (SSSR count). The molecule has 1 amide bonds. The van der Waals surface area contributed by atoms with Crippen LogP contribution in [-0.2, 0) is 4.79 Å². The fraction of sp³-hybridized carbons (Fsp3) is 0.417. The lowest BCUT2D eigenvalue weighted by Crippen LogP contribution is -2.52. The summed E-state index contributed by atoms with van der Waals surface area (Å²) in [6, 6.07) is 8.54. The molecule has 8 heteroatoms. The van der Waals surface area contributed by atoms with Gasteiger partial charge in [0, 0.05) is 0 Å². The summed E-state index contributed by atoms with van der Waals surface area (Å²) in [6.07, 6.45) is -7.41. The predicted octanol–water partition coefficient (Wildman–Crippen LogP) is -2.43. The van der Waals surface area contributed by atoms with Crippen molar-refractivity contribution in [3.05, 3.63) is 30.3 Å². The van der Waals surface area contributed by atoms with E-state index in [1.165, 1.54) is 0 Å². The van der Waals surface area contributed by atoms with Crippen LogP contribution in [0, 0.1) is 0 Å². The molecule has 0 fully saturated rings. The number of benzene rings is 1. The average Bonchev–Trinajstić information content (AvgIpc) is 2.50. The highest BCUT2D eigenvalue weighted by Gasteiger charge is 2.34. The van der Waals surface area contributed by atoms with Crippen molar-refractivity contribution in [3.8, 4) is 0 Å². The molecule has 0 spiro atoms. The van der Waals surface area contributed by atoms with E-state index in [0.717, 1.165) is 0 Å². The van der Waals surface area contributed by atoms with Crippen molar-refractivity contribution in [1.82, 2.24) is 5.43 Å². The third-order valence-electron chi connectivity index (χ3n) is 2.63. The maximum absolute atomic E-state index is 11.5. The van der Waals surface area contributed by atoms with Crippen LogP contribution in [0.5, 0.6) is 0 Å². The highest BCUT2D eigenvalue weighted by atomic mass is 16.4. The van der Waals surface area contributed by atoms with Gasteiger partial charge in [-0.1, -0.05) is 18.2 Å². The number of hydrogen-bond donors (Lipinski definition) is 7. The van der Waals surface area contributed by atoms with E-state index in [9.17, 15) is 20.1 Å². The molecule has 0 bridgehead atoms. The summed E-state index contributed by atoms with van der Waals surface area (Å²) in [7, 11) is 0. The highest BCUT2D eigenvalue weighted by Crippen LogP contribution is 2.06. The van der Waals surface area contributed by atoms with Crippen LogP contribution in [0.1, 0.15) is 0 Å². The number of aliphatic hydroxyl groups excluding tert-OH is 5. The van der Waals surface area contributed by atoms with Crippen molar-refractivity contribution in [2.75, 3.05) is 12.0 Å². The lowest BCUT2D eigenvalue weighted by atomic mass is 10.0. The molecule has 0 aliphatic rings. The van der Waals surface area contributed by atoms with Gasteiger partial charge in [0.2, 0.25) is 0 Å². The number of hydrazine groups is 1. The predicted molar refractivity (Wildman–Crippen MR) is 69.3 cm³/mol. The van der Waals surface area contributed by atoms with Gasteiger partial charge in [-0.05, 0) is 12.1 Å². The molecule has 0 aliphatic carbocycles. The minimum absolute atomic E-state index is 0.554. The van der Waals surface area contributed by atoms with Gasteiger partial charge in [0.15, 0.2) is 6.10 Å². The van der Waals surface area contributed by atoms with Crippen LogP contribution in [-0.4, -0.2) is 62.5 Å². The molecule has 7 N–H and O–H groups in total. The molecule has 4 atom stereocenters. The van der Waals surface area contributed by atoms with Crippen LogP contribution in [0.15, 0.2) is 30.3 Å². The number of carbonyl (C=O) groups excluding carboxylic acids is 1. The summed E-state index contributed by atoms with van der Waals surface area (Å²) in [5.74, 6) is -0.995. The molecule has 8 nitrogen and oxygen atoms in total. The third-order valence-corrected chi connectivity index (χ3v) is 2.63. The number of para-hydroxylation sites is 1. The van der Waals surface area contributed by atoms with E-state index in [4.69, 9.17) is 10.2 Å². The Morgan fingerprint density at radius 2 is 1.65 bits per heavy atom. The number of aliphatic hydroxyl groups is 5. The van der Waals surface area contributed by atoms with Gasteiger partial charge in [0.1, 0.15) is 18.3 Å². The van der Waals surface area contributed by atoms with Crippen LogP contribution in [0.3, 0.4) is 0 Å². The van der Waals surface area contributed by atoms with Crippen molar-refractivity contribution in [2.45, 2.75) is 24.4 Å². The van der Waals surface area contributed by atoms with Gasteiger partial charge in [0.05, 0.1) is 12.3 Å². The molecule has 0 aliphatic heterocycles. The lowest BCUT2D eigenvalue weighted by Gasteiger charge is -2.25. The first-order valence-electron chi connectivity index (χ1n) is 5.91. The second kappa shape index (κ2) is 7.78. The highest BCUT2D eigenvalue weighted by molar-refractivity contribution is 5.82.